The van der Waals surface area contributed by atoms with Crippen LogP contribution in [0.1, 0.15) is 27.8 Å². The number of nitrogens with one attached hydrogen (secondary N) is 2. The number of carbonyl (C=O) groups excluding carboxylic acids is 1. The minimum Gasteiger partial charge on any atom is -0.351 e. The first kappa shape index (κ1) is 20.9. The molecule has 27 heavy (non-hydrogen) atoms. The van der Waals surface area contributed by atoms with Crippen LogP contribution in [0.15, 0.2) is 48.5 Å². The molecule has 5 nitrogen and oxygen atoms in total. The highest BCUT2D eigenvalue weighted by Crippen LogP contribution is 2.16. The summed E-state index contributed by atoms with van der Waals surface area (Å²) >= 11 is 0. The van der Waals surface area contributed by atoms with Crippen molar-refractivity contribution < 1.29 is 13.2 Å². The van der Waals surface area contributed by atoms with Crippen molar-refractivity contribution in [3.63, 3.8) is 0 Å². The van der Waals surface area contributed by atoms with Gasteiger partial charge in [-0.05, 0) is 54.7 Å². The molecule has 0 heterocycles. The van der Waals surface area contributed by atoms with Gasteiger partial charge in [0.15, 0.2) is 0 Å². The molecule has 0 spiro atoms. The highest BCUT2D eigenvalue weighted by molar-refractivity contribution is 7.89. The molecule has 0 saturated heterocycles. The van der Waals surface area contributed by atoms with Gasteiger partial charge in [-0.15, -0.1) is 0 Å². The van der Waals surface area contributed by atoms with Gasteiger partial charge in [-0.25, -0.2) is 13.1 Å². The van der Waals surface area contributed by atoms with Gasteiger partial charge in [0.1, 0.15) is 0 Å². The molecule has 0 fully saturated rings. The fourth-order valence-electron chi connectivity index (χ4n) is 2.56. The number of sulfonamides is 1. The van der Waals surface area contributed by atoms with Gasteiger partial charge in [-0.3, -0.25) is 4.79 Å². The third-order valence-electron chi connectivity index (χ3n) is 4.31. The topological polar surface area (TPSA) is 75.3 Å². The lowest BCUT2D eigenvalue weighted by Crippen LogP contribution is -2.33. The molecule has 2 aromatic rings. The van der Waals surface area contributed by atoms with Crippen LogP contribution in [0.4, 0.5) is 0 Å². The highest BCUT2D eigenvalue weighted by Gasteiger charge is 2.10. The smallest absolute Gasteiger partial charge is 0.244 e. The average Bonchev–Trinajstić information content (AvgIpc) is 2.63. The molecule has 0 aliphatic rings. The van der Waals surface area contributed by atoms with Crippen LogP contribution in [0, 0.1) is 20.8 Å². The first-order valence-corrected chi connectivity index (χ1v) is 10.5. The summed E-state index contributed by atoms with van der Waals surface area (Å²) in [4.78, 5) is 11.9. The lowest BCUT2D eigenvalue weighted by molar-refractivity contribution is -0.116. The van der Waals surface area contributed by atoms with Crippen LogP contribution in [0.3, 0.4) is 0 Å². The molecule has 0 unspecified atom stereocenters. The number of carbonyl (C=O) groups is 1. The van der Waals surface area contributed by atoms with Crippen molar-refractivity contribution in [1.82, 2.24) is 10.0 Å². The van der Waals surface area contributed by atoms with Gasteiger partial charge < -0.3 is 5.32 Å². The minimum atomic E-state index is -3.45. The first-order valence-electron chi connectivity index (χ1n) is 8.82. The zero-order chi connectivity index (χ0) is 19.9. The lowest BCUT2D eigenvalue weighted by atomic mass is 10.0. The standard InChI is InChI=1S/C21H26N2O3S/c1-16-13-18(3)20(14-17(16)2)9-10-21(24)22-11-12-27(25,26)23-15-19-7-5-4-6-8-19/h4-10,13-14,23H,11-12,15H2,1-3H3,(H,22,24)/b10-9+. The summed E-state index contributed by atoms with van der Waals surface area (Å²) in [5.74, 6) is -0.479. The van der Waals surface area contributed by atoms with Crippen LogP contribution in [0.2, 0.25) is 0 Å². The Bertz CT molecular complexity index is 920. The lowest BCUT2D eigenvalue weighted by Gasteiger charge is -2.08. The summed E-state index contributed by atoms with van der Waals surface area (Å²) in [6.07, 6.45) is 3.18. The molecule has 2 rings (SSSR count). The van der Waals surface area contributed by atoms with Crippen LogP contribution < -0.4 is 10.0 Å². The fourth-order valence-corrected chi connectivity index (χ4v) is 3.46. The normalized spacial score (nSPS) is 11.7. The summed E-state index contributed by atoms with van der Waals surface area (Å²) in [6, 6.07) is 13.4. The second-order valence-electron chi connectivity index (χ2n) is 6.54. The number of hydrogen-bond acceptors (Lipinski definition) is 3. The third-order valence-corrected chi connectivity index (χ3v) is 5.63. The Morgan fingerprint density at radius 2 is 1.67 bits per heavy atom. The molecular formula is C21H26N2O3S. The average molecular weight is 387 g/mol. The maximum absolute atomic E-state index is 12.0. The van der Waals surface area contributed by atoms with Crippen LogP contribution >= 0.6 is 0 Å². The minimum absolute atomic E-state index is 0.0548. The van der Waals surface area contributed by atoms with E-state index in [4.69, 9.17) is 0 Å². The number of benzene rings is 2. The zero-order valence-electron chi connectivity index (χ0n) is 16.0. The van der Waals surface area contributed by atoms with E-state index in [0.29, 0.717) is 0 Å². The van der Waals surface area contributed by atoms with Gasteiger partial charge in [0.05, 0.1) is 5.75 Å². The maximum atomic E-state index is 12.0. The molecule has 0 aliphatic carbocycles. The SMILES string of the molecule is Cc1cc(C)c(/C=C/C(=O)NCCS(=O)(=O)NCc2ccccc2)cc1C. The molecule has 2 aromatic carbocycles. The fraction of sp³-hybridized carbons (Fsp3) is 0.286. The van der Waals surface area contributed by atoms with E-state index < -0.39 is 10.0 Å². The Labute approximate surface area is 161 Å². The van der Waals surface area contributed by atoms with E-state index in [2.05, 4.69) is 23.0 Å². The van der Waals surface area contributed by atoms with Crippen molar-refractivity contribution in [2.75, 3.05) is 12.3 Å². The molecule has 0 saturated carbocycles. The Morgan fingerprint density at radius 1 is 1.00 bits per heavy atom. The molecule has 2 N–H and O–H groups in total. The van der Waals surface area contributed by atoms with Gasteiger partial charge in [-0.2, -0.15) is 0 Å². The number of amides is 1. The third kappa shape index (κ3) is 7.00. The predicted molar refractivity (Wildman–Crippen MR) is 110 cm³/mol. The molecule has 0 atom stereocenters. The summed E-state index contributed by atoms with van der Waals surface area (Å²) in [7, 11) is -3.45. The molecule has 144 valence electrons. The van der Waals surface area contributed by atoms with E-state index >= 15 is 0 Å². The van der Waals surface area contributed by atoms with E-state index in [1.54, 1.807) is 6.08 Å². The quantitative estimate of drug-likeness (QED) is 0.685. The molecule has 0 radical (unpaired) electrons. The summed E-state index contributed by atoms with van der Waals surface area (Å²) in [5.41, 5.74) is 5.33. The van der Waals surface area contributed by atoms with Crippen molar-refractivity contribution >= 4 is 22.0 Å². The predicted octanol–water partition coefficient (Wildman–Crippen LogP) is 2.86. The Hall–Kier alpha value is -2.44. The number of hydrogen-bond donors (Lipinski definition) is 2. The summed E-state index contributed by atoms with van der Waals surface area (Å²) < 4.78 is 26.5. The van der Waals surface area contributed by atoms with E-state index in [0.717, 1.165) is 22.3 Å². The zero-order valence-corrected chi connectivity index (χ0v) is 16.8. The number of rotatable bonds is 8. The first-order chi connectivity index (χ1) is 12.8. The van der Waals surface area contributed by atoms with E-state index in [-0.39, 0.29) is 24.7 Å². The summed E-state index contributed by atoms with van der Waals surface area (Å²) in [6.45, 7) is 6.37. The molecule has 0 aromatic heterocycles. The Balaban J connectivity index is 1.80. The largest absolute Gasteiger partial charge is 0.351 e. The monoisotopic (exact) mass is 386 g/mol. The maximum Gasteiger partial charge on any atom is 0.244 e. The molecule has 0 aliphatic heterocycles. The molecule has 6 heteroatoms. The summed E-state index contributed by atoms with van der Waals surface area (Å²) in [5, 5.41) is 2.61. The van der Waals surface area contributed by atoms with Gasteiger partial charge in [-0.1, -0.05) is 42.5 Å². The van der Waals surface area contributed by atoms with E-state index in [1.165, 1.54) is 11.6 Å². The molecule has 0 bridgehead atoms. The van der Waals surface area contributed by atoms with Gasteiger partial charge >= 0.3 is 0 Å². The van der Waals surface area contributed by atoms with Crippen molar-refractivity contribution in [2.45, 2.75) is 27.3 Å². The molecular weight excluding hydrogens is 360 g/mol. The van der Waals surface area contributed by atoms with Crippen LogP contribution in [-0.2, 0) is 21.4 Å². The van der Waals surface area contributed by atoms with Crippen molar-refractivity contribution in [2.24, 2.45) is 0 Å². The second kappa shape index (κ2) is 9.48. The van der Waals surface area contributed by atoms with Crippen molar-refractivity contribution in [1.29, 1.82) is 0 Å². The van der Waals surface area contributed by atoms with E-state index in [9.17, 15) is 13.2 Å². The number of aryl methyl sites for hydroxylation is 3. The van der Waals surface area contributed by atoms with E-state index in [1.807, 2.05) is 50.2 Å². The van der Waals surface area contributed by atoms with Gasteiger partial charge in [0.25, 0.3) is 0 Å². The second-order valence-corrected chi connectivity index (χ2v) is 8.47. The Kier molecular flexibility index (Phi) is 7.33. The Morgan fingerprint density at radius 3 is 2.37 bits per heavy atom. The van der Waals surface area contributed by atoms with Crippen LogP contribution in [-0.4, -0.2) is 26.6 Å². The van der Waals surface area contributed by atoms with Crippen LogP contribution in [0.25, 0.3) is 6.08 Å². The van der Waals surface area contributed by atoms with Crippen LogP contribution in [0.5, 0.6) is 0 Å². The molecule has 1 amide bonds. The highest BCUT2D eigenvalue weighted by atomic mass is 32.2. The van der Waals surface area contributed by atoms with Crippen molar-refractivity contribution in [3.8, 4) is 0 Å². The van der Waals surface area contributed by atoms with Crippen molar-refractivity contribution in [3.05, 3.63) is 76.4 Å². The van der Waals surface area contributed by atoms with Gasteiger partial charge in [0, 0.05) is 19.2 Å². The van der Waals surface area contributed by atoms with Gasteiger partial charge in [0.2, 0.25) is 15.9 Å².